The summed E-state index contributed by atoms with van der Waals surface area (Å²) >= 11 is 11.2. The number of hydrogen-bond donors (Lipinski definition) is 0. The van der Waals surface area contributed by atoms with E-state index in [0.717, 1.165) is 40.6 Å². The second kappa shape index (κ2) is 5.53. The van der Waals surface area contributed by atoms with Crippen LogP contribution in [0.4, 0.5) is 0 Å². The molecule has 1 fully saturated rings. The van der Waals surface area contributed by atoms with E-state index < -0.39 is 0 Å². The number of nitrogens with zero attached hydrogens (tertiary/aromatic N) is 1. The minimum atomic E-state index is 0.588. The summed E-state index contributed by atoms with van der Waals surface area (Å²) in [6.07, 6.45) is 3.95. The molecule has 0 aromatic carbocycles. The Bertz CT molecular complexity index is 344. The first-order chi connectivity index (χ1) is 7.25. The Hall–Kier alpha value is 0.230. The number of ether oxygens (including phenoxy) is 1. The lowest BCUT2D eigenvalue weighted by Gasteiger charge is -2.21. The average molecular weight is 309 g/mol. The Balaban J connectivity index is 2.03. The largest absolute Gasteiger partial charge is 0.381 e. The molecule has 82 valence electrons. The first-order valence-electron chi connectivity index (χ1n) is 4.81. The fraction of sp³-hybridized carbons (Fsp3) is 0.500. The van der Waals surface area contributed by atoms with Gasteiger partial charge in [0.25, 0.3) is 0 Å². The molecule has 0 radical (unpaired) electrons. The molecule has 1 saturated heterocycles. The molecule has 0 N–H and O–H groups in total. The van der Waals surface area contributed by atoms with Gasteiger partial charge in [-0.05, 0) is 34.8 Å². The molecule has 0 bridgehead atoms. The molecule has 2 heterocycles. The molecule has 0 atom stereocenters. The van der Waals surface area contributed by atoms with Gasteiger partial charge in [0.15, 0.2) is 0 Å². The van der Waals surface area contributed by atoms with Crippen molar-refractivity contribution in [2.24, 2.45) is 0 Å². The second-order valence-corrected chi connectivity index (χ2v) is 5.98. The molecule has 0 amide bonds. The second-order valence-electron chi connectivity index (χ2n) is 3.37. The fourth-order valence-corrected chi connectivity index (χ4v) is 3.23. The van der Waals surface area contributed by atoms with Crippen LogP contribution in [0.2, 0.25) is 5.02 Å². The molecule has 0 saturated carbocycles. The van der Waals surface area contributed by atoms with Crippen molar-refractivity contribution >= 4 is 39.3 Å². The summed E-state index contributed by atoms with van der Waals surface area (Å²) in [5.74, 6) is 0. The van der Waals surface area contributed by atoms with Gasteiger partial charge in [0.1, 0.15) is 5.03 Å². The van der Waals surface area contributed by atoms with E-state index in [4.69, 9.17) is 16.3 Å². The van der Waals surface area contributed by atoms with Crippen LogP contribution >= 0.6 is 39.3 Å². The van der Waals surface area contributed by atoms with Crippen molar-refractivity contribution in [1.82, 2.24) is 4.98 Å². The summed E-state index contributed by atoms with van der Waals surface area (Å²) in [7, 11) is 0. The van der Waals surface area contributed by atoms with Crippen LogP contribution in [0, 0.1) is 0 Å². The summed E-state index contributed by atoms with van der Waals surface area (Å²) in [6.45, 7) is 1.71. The van der Waals surface area contributed by atoms with Crippen LogP contribution in [-0.2, 0) is 4.74 Å². The normalized spacial score (nSPS) is 18.0. The molecule has 0 unspecified atom stereocenters. The van der Waals surface area contributed by atoms with Crippen LogP contribution in [0.25, 0.3) is 0 Å². The Morgan fingerprint density at radius 2 is 2.20 bits per heavy atom. The third kappa shape index (κ3) is 3.34. The predicted octanol–water partition coefficient (Wildman–Crippen LogP) is 3.77. The van der Waals surface area contributed by atoms with Crippen molar-refractivity contribution < 1.29 is 4.74 Å². The maximum Gasteiger partial charge on any atom is 0.115 e. The Morgan fingerprint density at radius 3 is 2.87 bits per heavy atom. The lowest BCUT2D eigenvalue weighted by Crippen LogP contribution is -2.17. The van der Waals surface area contributed by atoms with Crippen LogP contribution in [0.1, 0.15) is 12.8 Å². The minimum absolute atomic E-state index is 0.588. The van der Waals surface area contributed by atoms with Crippen LogP contribution in [0.5, 0.6) is 0 Å². The van der Waals surface area contributed by atoms with Crippen LogP contribution in [0.3, 0.4) is 0 Å². The Morgan fingerprint density at radius 1 is 1.47 bits per heavy atom. The zero-order valence-corrected chi connectivity index (χ0v) is 11.2. The highest BCUT2D eigenvalue weighted by molar-refractivity contribution is 9.10. The van der Waals surface area contributed by atoms with E-state index in [9.17, 15) is 0 Å². The van der Waals surface area contributed by atoms with E-state index in [1.54, 1.807) is 18.0 Å². The van der Waals surface area contributed by atoms with Crippen molar-refractivity contribution in [3.05, 3.63) is 21.8 Å². The van der Waals surface area contributed by atoms with Gasteiger partial charge in [0.05, 0.1) is 5.02 Å². The number of halogens is 2. The van der Waals surface area contributed by atoms with E-state index in [0.29, 0.717) is 5.25 Å². The molecular weight excluding hydrogens is 298 g/mol. The van der Waals surface area contributed by atoms with E-state index in [1.165, 1.54) is 0 Å². The van der Waals surface area contributed by atoms with E-state index in [1.807, 2.05) is 6.07 Å². The minimum Gasteiger partial charge on any atom is -0.381 e. The molecule has 1 aromatic heterocycles. The molecule has 2 nitrogen and oxygen atoms in total. The van der Waals surface area contributed by atoms with Crippen LogP contribution in [-0.4, -0.2) is 23.4 Å². The van der Waals surface area contributed by atoms with E-state index in [2.05, 4.69) is 20.9 Å². The van der Waals surface area contributed by atoms with Crippen molar-refractivity contribution in [3.8, 4) is 0 Å². The molecule has 15 heavy (non-hydrogen) atoms. The van der Waals surface area contributed by atoms with Gasteiger partial charge in [-0.15, -0.1) is 11.8 Å². The molecule has 5 heteroatoms. The van der Waals surface area contributed by atoms with Crippen molar-refractivity contribution in [3.63, 3.8) is 0 Å². The fourth-order valence-electron chi connectivity index (χ4n) is 1.44. The summed E-state index contributed by atoms with van der Waals surface area (Å²) in [4.78, 5) is 4.32. The number of thioether (sulfide) groups is 1. The van der Waals surface area contributed by atoms with Crippen molar-refractivity contribution in [2.75, 3.05) is 13.2 Å². The van der Waals surface area contributed by atoms with Gasteiger partial charge >= 0.3 is 0 Å². The summed E-state index contributed by atoms with van der Waals surface area (Å²) in [5.41, 5.74) is 0. The quantitative estimate of drug-likeness (QED) is 0.830. The predicted molar refractivity (Wildman–Crippen MR) is 66.6 cm³/mol. The SMILES string of the molecule is Clc1cc(Br)cnc1SC1CCOCC1. The van der Waals surface area contributed by atoms with E-state index >= 15 is 0 Å². The van der Waals surface area contributed by atoms with Gasteiger partial charge in [-0.2, -0.15) is 0 Å². The molecular formula is C10H11BrClNOS. The zero-order chi connectivity index (χ0) is 10.7. The molecule has 0 aliphatic carbocycles. The summed E-state index contributed by atoms with van der Waals surface area (Å²) in [5, 5.41) is 2.23. The zero-order valence-electron chi connectivity index (χ0n) is 8.08. The summed E-state index contributed by atoms with van der Waals surface area (Å²) < 4.78 is 6.23. The Kier molecular flexibility index (Phi) is 4.31. The van der Waals surface area contributed by atoms with Gasteiger partial charge in [-0.1, -0.05) is 11.6 Å². The van der Waals surface area contributed by atoms with Crippen molar-refractivity contribution in [2.45, 2.75) is 23.1 Å². The van der Waals surface area contributed by atoms with Gasteiger partial charge in [0, 0.05) is 29.1 Å². The topological polar surface area (TPSA) is 22.1 Å². The van der Waals surface area contributed by atoms with Gasteiger partial charge in [0.2, 0.25) is 0 Å². The molecule has 0 spiro atoms. The number of pyridine rings is 1. The average Bonchev–Trinajstić information content (AvgIpc) is 2.24. The maximum atomic E-state index is 6.10. The third-order valence-corrected chi connectivity index (χ3v) is 4.41. The monoisotopic (exact) mass is 307 g/mol. The number of aromatic nitrogens is 1. The van der Waals surface area contributed by atoms with Crippen LogP contribution in [0.15, 0.2) is 21.8 Å². The third-order valence-electron chi connectivity index (χ3n) is 2.22. The van der Waals surface area contributed by atoms with Gasteiger partial charge < -0.3 is 4.74 Å². The molecule has 1 aliphatic rings. The molecule has 1 aromatic rings. The highest BCUT2D eigenvalue weighted by atomic mass is 79.9. The van der Waals surface area contributed by atoms with Crippen LogP contribution < -0.4 is 0 Å². The number of hydrogen-bond acceptors (Lipinski definition) is 3. The summed E-state index contributed by atoms with van der Waals surface area (Å²) in [6, 6.07) is 1.89. The number of rotatable bonds is 2. The highest BCUT2D eigenvalue weighted by Crippen LogP contribution is 2.33. The maximum absolute atomic E-state index is 6.10. The highest BCUT2D eigenvalue weighted by Gasteiger charge is 2.17. The molecule has 2 rings (SSSR count). The smallest absolute Gasteiger partial charge is 0.115 e. The standard InChI is InChI=1S/C10H11BrClNOS/c11-7-5-9(12)10(13-6-7)15-8-1-3-14-4-2-8/h5-6,8H,1-4H2. The van der Waals surface area contributed by atoms with Gasteiger partial charge in [-0.25, -0.2) is 4.98 Å². The van der Waals surface area contributed by atoms with Gasteiger partial charge in [-0.3, -0.25) is 0 Å². The van der Waals surface area contributed by atoms with Crippen molar-refractivity contribution in [1.29, 1.82) is 0 Å². The molecule has 1 aliphatic heterocycles. The first kappa shape index (κ1) is 11.7. The lowest BCUT2D eigenvalue weighted by atomic mass is 10.2. The van der Waals surface area contributed by atoms with E-state index in [-0.39, 0.29) is 0 Å². The first-order valence-corrected chi connectivity index (χ1v) is 6.86. The Labute approximate surface area is 107 Å². The lowest BCUT2D eigenvalue weighted by molar-refractivity contribution is 0.1000.